The molecule has 1 aromatic rings. The highest BCUT2D eigenvalue weighted by Gasteiger charge is 2.62. The molecule has 0 aromatic heterocycles. The number of allylic oxidation sites excluding steroid dienone is 1. The average Bonchev–Trinajstić information content (AvgIpc) is 3.32. The number of fused-ring (bicyclic) bond motifs is 2. The van der Waals surface area contributed by atoms with Crippen molar-refractivity contribution in [2.24, 2.45) is 5.92 Å². The van der Waals surface area contributed by atoms with Gasteiger partial charge in [0.2, 0.25) is 11.8 Å². The first-order valence-electron chi connectivity index (χ1n) is 15.4. The molecule has 1 saturated heterocycles. The molecule has 11 nitrogen and oxygen atoms in total. The minimum absolute atomic E-state index is 0.0783. The van der Waals surface area contributed by atoms with Gasteiger partial charge in [-0.25, -0.2) is 18.0 Å². The van der Waals surface area contributed by atoms with E-state index in [-0.39, 0.29) is 29.9 Å². The predicted molar refractivity (Wildman–Crippen MR) is 164 cm³/mol. The van der Waals surface area contributed by atoms with E-state index in [0.717, 1.165) is 44.9 Å². The van der Waals surface area contributed by atoms with Crippen LogP contribution in [0.1, 0.15) is 70.6 Å². The molecular formula is C31H40BrN3O8S. The summed E-state index contributed by atoms with van der Waals surface area (Å²) in [5, 5.41) is 4.49. The maximum Gasteiger partial charge on any atom is 0.408 e. The van der Waals surface area contributed by atoms with Gasteiger partial charge in [-0.1, -0.05) is 40.9 Å². The summed E-state index contributed by atoms with van der Waals surface area (Å²) in [6.45, 7) is -0.236. The smallest absolute Gasteiger partial charge is 0.408 e. The van der Waals surface area contributed by atoms with Gasteiger partial charge in [-0.2, -0.15) is 0 Å². The van der Waals surface area contributed by atoms with E-state index in [9.17, 15) is 27.6 Å². The second-order valence-electron chi connectivity index (χ2n) is 12.2. The molecule has 2 N–H and O–H groups in total. The molecule has 0 radical (unpaired) electrons. The zero-order valence-corrected chi connectivity index (χ0v) is 27.2. The summed E-state index contributed by atoms with van der Waals surface area (Å²) in [6.07, 6.45) is 10.0. The summed E-state index contributed by atoms with van der Waals surface area (Å²) in [6, 6.07) is 4.02. The predicted octanol–water partition coefficient (Wildman–Crippen LogP) is 3.80. The van der Waals surface area contributed by atoms with Crippen LogP contribution in [0.2, 0.25) is 0 Å². The Bertz CT molecular complexity index is 1390. The van der Waals surface area contributed by atoms with E-state index in [2.05, 4.69) is 26.6 Å². The molecule has 0 bridgehead atoms. The van der Waals surface area contributed by atoms with E-state index in [1.807, 2.05) is 12.2 Å². The lowest BCUT2D eigenvalue weighted by atomic mass is 10.1. The largest absolute Gasteiger partial charge is 0.467 e. The fourth-order valence-electron chi connectivity index (χ4n) is 6.61. The van der Waals surface area contributed by atoms with Crippen LogP contribution in [0.5, 0.6) is 0 Å². The molecule has 0 unspecified atom stereocenters. The SMILES string of the molecule is COC(=O)[C@@]12C[C@H]1/C=C\CCCCC[C@H](NC(=O)OC1CCCC1)C(=O)N1C[C@@H](S(=O)(=O)c3ccc(Br)cc3)C[C@H]1C(=O)N2. The van der Waals surface area contributed by atoms with Crippen molar-refractivity contribution in [3.05, 3.63) is 40.9 Å². The molecular weight excluding hydrogens is 654 g/mol. The fraction of sp³-hybridized carbons (Fsp3) is 0.613. The summed E-state index contributed by atoms with van der Waals surface area (Å²) in [4.78, 5) is 55.2. The number of hydrogen-bond donors (Lipinski definition) is 2. The second-order valence-corrected chi connectivity index (χ2v) is 15.3. The molecule has 2 heterocycles. The van der Waals surface area contributed by atoms with E-state index < -0.39 is 56.6 Å². The maximum atomic E-state index is 14.2. The molecule has 5 rings (SSSR count). The van der Waals surface area contributed by atoms with Gasteiger partial charge in [-0.15, -0.1) is 0 Å². The van der Waals surface area contributed by atoms with Crippen LogP contribution in [0, 0.1) is 5.92 Å². The Balaban J connectivity index is 1.45. The highest BCUT2D eigenvalue weighted by molar-refractivity contribution is 9.10. The van der Waals surface area contributed by atoms with Crippen molar-refractivity contribution >= 4 is 49.6 Å². The minimum atomic E-state index is -3.94. The Morgan fingerprint density at radius 1 is 1.05 bits per heavy atom. The number of sulfone groups is 1. The number of amides is 3. The van der Waals surface area contributed by atoms with Crippen molar-refractivity contribution in [2.45, 2.75) is 105 Å². The van der Waals surface area contributed by atoms with Crippen molar-refractivity contribution in [1.82, 2.24) is 15.5 Å². The number of hydrogen-bond acceptors (Lipinski definition) is 8. The lowest BCUT2D eigenvalue weighted by Crippen LogP contribution is -2.56. The van der Waals surface area contributed by atoms with Crippen molar-refractivity contribution in [3.63, 3.8) is 0 Å². The Labute approximate surface area is 266 Å². The van der Waals surface area contributed by atoms with Gasteiger partial charge in [0, 0.05) is 16.9 Å². The number of ether oxygens (including phenoxy) is 2. The summed E-state index contributed by atoms with van der Waals surface area (Å²) in [5.74, 6) is -2.03. The summed E-state index contributed by atoms with van der Waals surface area (Å²) in [5.41, 5.74) is -1.28. The summed E-state index contributed by atoms with van der Waals surface area (Å²) < 4.78 is 38.8. The van der Waals surface area contributed by atoms with Crippen LogP contribution in [0.25, 0.3) is 0 Å². The molecule has 3 fully saturated rings. The molecule has 2 aliphatic carbocycles. The lowest BCUT2D eigenvalue weighted by Gasteiger charge is -2.30. The number of rotatable bonds is 5. The number of methoxy groups -OCH3 is 1. The van der Waals surface area contributed by atoms with Crippen molar-refractivity contribution < 1.29 is 37.1 Å². The Kier molecular flexibility index (Phi) is 10.0. The highest BCUT2D eigenvalue weighted by Crippen LogP contribution is 2.46. The van der Waals surface area contributed by atoms with Crippen LogP contribution in [0.4, 0.5) is 4.79 Å². The Morgan fingerprint density at radius 2 is 1.75 bits per heavy atom. The van der Waals surface area contributed by atoms with E-state index in [1.54, 1.807) is 12.1 Å². The molecule has 5 atom stereocenters. The normalized spacial score (nSPS) is 30.6. The maximum absolute atomic E-state index is 14.2. The van der Waals surface area contributed by atoms with Crippen LogP contribution in [0.15, 0.2) is 45.8 Å². The van der Waals surface area contributed by atoms with E-state index in [1.165, 1.54) is 24.1 Å². The van der Waals surface area contributed by atoms with Gasteiger partial charge in [0.05, 0.1) is 17.3 Å². The van der Waals surface area contributed by atoms with Crippen LogP contribution < -0.4 is 10.6 Å². The van der Waals surface area contributed by atoms with E-state index in [4.69, 9.17) is 9.47 Å². The monoisotopic (exact) mass is 693 g/mol. The zero-order chi connectivity index (χ0) is 31.5. The van der Waals surface area contributed by atoms with Gasteiger partial charge in [0.15, 0.2) is 9.84 Å². The topological polar surface area (TPSA) is 148 Å². The van der Waals surface area contributed by atoms with Crippen molar-refractivity contribution in [2.75, 3.05) is 13.7 Å². The van der Waals surface area contributed by atoms with Gasteiger partial charge in [0.25, 0.3) is 0 Å². The number of carbonyl (C=O) groups excluding carboxylic acids is 4. The lowest BCUT2D eigenvalue weighted by molar-refractivity contribution is -0.148. The molecule has 2 saturated carbocycles. The number of alkyl carbamates (subject to hydrolysis) is 1. The number of benzene rings is 1. The van der Waals surface area contributed by atoms with Gasteiger partial charge in [-0.3, -0.25) is 9.59 Å². The fourth-order valence-corrected chi connectivity index (χ4v) is 8.56. The van der Waals surface area contributed by atoms with Crippen LogP contribution in [-0.4, -0.2) is 79.8 Å². The number of nitrogens with one attached hydrogen (secondary N) is 2. The molecule has 2 aliphatic heterocycles. The van der Waals surface area contributed by atoms with Gasteiger partial charge >= 0.3 is 12.1 Å². The zero-order valence-electron chi connectivity index (χ0n) is 24.8. The van der Waals surface area contributed by atoms with Gasteiger partial charge in [0.1, 0.15) is 23.7 Å². The van der Waals surface area contributed by atoms with Crippen LogP contribution >= 0.6 is 15.9 Å². The quantitative estimate of drug-likeness (QED) is 0.350. The second kappa shape index (κ2) is 13.6. The standard InChI is InChI=1S/C31H40BrN3O8S/c1-42-29(38)31-18-20(31)9-5-3-2-4-6-12-25(33-30(39)43-22-10-7-8-11-22)28(37)35-19-24(17-26(35)27(36)34-31)44(40,41)23-15-13-21(32)14-16-23/h5,9,13-16,20,22,24-26H,2-4,6-8,10-12,17-19H2,1H3,(H,33,39)(H,34,36)/b9-5-/t20-,24+,25+,26+,31-/m1/s1. The molecule has 13 heteroatoms. The number of halogens is 1. The summed E-state index contributed by atoms with van der Waals surface area (Å²) >= 11 is 3.32. The number of carbonyl (C=O) groups is 4. The number of nitrogens with zero attached hydrogens (tertiary/aromatic N) is 1. The third-order valence-electron chi connectivity index (χ3n) is 9.24. The molecule has 240 valence electrons. The summed E-state index contributed by atoms with van der Waals surface area (Å²) in [7, 11) is -2.68. The minimum Gasteiger partial charge on any atom is -0.467 e. The van der Waals surface area contributed by atoms with E-state index >= 15 is 0 Å². The van der Waals surface area contributed by atoms with Crippen molar-refractivity contribution in [3.8, 4) is 0 Å². The highest BCUT2D eigenvalue weighted by atomic mass is 79.9. The molecule has 3 amide bonds. The molecule has 0 spiro atoms. The van der Waals surface area contributed by atoms with E-state index in [0.29, 0.717) is 23.7 Å². The molecule has 44 heavy (non-hydrogen) atoms. The van der Waals surface area contributed by atoms with Gasteiger partial charge < -0.3 is 25.0 Å². The number of esters is 1. The van der Waals surface area contributed by atoms with Crippen molar-refractivity contribution in [1.29, 1.82) is 0 Å². The molecule has 4 aliphatic rings. The first-order valence-corrected chi connectivity index (χ1v) is 17.7. The first-order chi connectivity index (χ1) is 21.0. The third-order valence-corrected chi connectivity index (χ3v) is 11.9. The average molecular weight is 695 g/mol. The Hall–Kier alpha value is -2.93. The Morgan fingerprint density at radius 3 is 2.45 bits per heavy atom. The first kappa shape index (κ1) is 32.5. The van der Waals surface area contributed by atoms with Crippen LogP contribution in [-0.2, 0) is 33.7 Å². The molecule has 1 aromatic carbocycles. The third kappa shape index (κ3) is 6.98. The van der Waals surface area contributed by atoms with Gasteiger partial charge in [-0.05, 0) is 82.1 Å². The van der Waals surface area contributed by atoms with Crippen LogP contribution in [0.3, 0.4) is 0 Å².